The third kappa shape index (κ3) is 4.00. The Labute approximate surface area is 179 Å². The highest BCUT2D eigenvalue weighted by Crippen LogP contribution is 2.37. The van der Waals surface area contributed by atoms with Crippen LogP contribution in [0.4, 0.5) is 0 Å². The van der Waals surface area contributed by atoms with E-state index >= 15 is 0 Å². The van der Waals surface area contributed by atoms with Gasteiger partial charge in [0.15, 0.2) is 0 Å². The maximum absolute atomic E-state index is 13.8. The Balaban J connectivity index is 1.69. The smallest absolute Gasteiger partial charge is 0.250 e. The van der Waals surface area contributed by atoms with E-state index in [0.29, 0.717) is 18.4 Å². The summed E-state index contributed by atoms with van der Waals surface area (Å²) in [7, 11) is 0. The molecule has 2 fully saturated rings. The topological polar surface area (TPSA) is 40.6 Å². The molecular formula is C26H32N2O2. The van der Waals surface area contributed by atoms with Crippen LogP contribution < -0.4 is 0 Å². The van der Waals surface area contributed by atoms with Crippen molar-refractivity contribution >= 4 is 11.8 Å². The molecule has 1 aliphatic heterocycles. The lowest BCUT2D eigenvalue weighted by atomic mass is 9.76. The van der Waals surface area contributed by atoms with Crippen LogP contribution in [-0.4, -0.2) is 34.2 Å². The highest BCUT2D eigenvalue weighted by molar-refractivity contribution is 5.95. The van der Waals surface area contributed by atoms with E-state index < -0.39 is 6.04 Å². The number of hydrogen-bond donors (Lipinski definition) is 0. The number of amides is 2. The Kier molecular flexibility index (Phi) is 5.94. The minimum atomic E-state index is -0.559. The number of hydrogen-bond acceptors (Lipinski definition) is 2. The van der Waals surface area contributed by atoms with E-state index in [1.807, 2.05) is 66.4 Å². The lowest BCUT2D eigenvalue weighted by Gasteiger charge is -2.47. The van der Waals surface area contributed by atoms with Crippen LogP contribution >= 0.6 is 0 Å². The zero-order chi connectivity index (χ0) is 21.3. The largest absolute Gasteiger partial charge is 0.328 e. The molecule has 0 bridgehead atoms. The van der Waals surface area contributed by atoms with Crippen molar-refractivity contribution in [1.29, 1.82) is 0 Å². The quantitative estimate of drug-likeness (QED) is 0.739. The molecule has 0 radical (unpaired) electrons. The minimum Gasteiger partial charge on any atom is -0.328 e. The zero-order valence-electron chi connectivity index (χ0n) is 18.3. The number of carbonyl (C=O) groups is 2. The number of piperazine rings is 1. The fourth-order valence-corrected chi connectivity index (χ4v) is 5.05. The van der Waals surface area contributed by atoms with Crippen molar-refractivity contribution < 1.29 is 9.59 Å². The predicted molar refractivity (Wildman–Crippen MR) is 119 cm³/mol. The number of rotatable bonds is 4. The molecular weight excluding hydrogens is 372 g/mol. The van der Waals surface area contributed by atoms with Crippen LogP contribution in [0.2, 0.25) is 0 Å². The molecule has 30 heavy (non-hydrogen) atoms. The highest BCUT2D eigenvalue weighted by atomic mass is 16.2. The van der Waals surface area contributed by atoms with Crippen molar-refractivity contribution in [3.8, 4) is 0 Å². The first kappa shape index (κ1) is 20.6. The van der Waals surface area contributed by atoms with Crippen LogP contribution in [0.15, 0.2) is 54.6 Å². The molecule has 2 aromatic rings. The van der Waals surface area contributed by atoms with Gasteiger partial charge in [-0.2, -0.15) is 0 Å². The Hall–Kier alpha value is -2.62. The first-order chi connectivity index (χ1) is 14.5. The van der Waals surface area contributed by atoms with E-state index in [0.717, 1.165) is 29.5 Å². The summed E-state index contributed by atoms with van der Waals surface area (Å²) in [6.45, 7) is 7.19. The third-order valence-electron chi connectivity index (χ3n) is 7.11. The van der Waals surface area contributed by atoms with Crippen molar-refractivity contribution in [3.63, 3.8) is 0 Å². The molecule has 0 spiro atoms. The SMILES string of the molecule is Cc1ccc([C@@H]2C(=O)N([C@@H]3CCC[C@@H](C)[C@@H]3C)CC(=O)N2Cc2ccccc2)cc1. The van der Waals surface area contributed by atoms with Gasteiger partial charge in [-0.3, -0.25) is 9.59 Å². The average molecular weight is 405 g/mol. The Morgan fingerprint density at radius 2 is 1.63 bits per heavy atom. The standard InChI is InChI=1S/C26H32N2O2/c1-18-12-14-22(15-13-18)25-26(30)27(23-11-7-8-19(2)20(23)3)17-24(29)28(25)16-21-9-5-4-6-10-21/h4-6,9-10,12-15,19-20,23,25H,7-8,11,16-17H2,1-3H3/t19-,20+,23-,25-/m1/s1. The molecule has 1 heterocycles. The van der Waals surface area contributed by atoms with Crippen molar-refractivity contribution in [2.45, 2.75) is 58.7 Å². The fraction of sp³-hybridized carbons (Fsp3) is 0.462. The van der Waals surface area contributed by atoms with Gasteiger partial charge in [0.25, 0.3) is 5.91 Å². The van der Waals surface area contributed by atoms with Crippen LogP contribution in [0.25, 0.3) is 0 Å². The number of benzene rings is 2. The molecule has 0 aromatic heterocycles. The maximum atomic E-state index is 13.8. The molecule has 0 unspecified atom stereocenters. The van der Waals surface area contributed by atoms with Crippen LogP contribution in [0.1, 0.15) is 55.8 Å². The average Bonchev–Trinajstić information content (AvgIpc) is 2.75. The maximum Gasteiger partial charge on any atom is 0.250 e. The summed E-state index contributed by atoms with van der Waals surface area (Å²) in [4.78, 5) is 30.9. The van der Waals surface area contributed by atoms with E-state index in [2.05, 4.69) is 13.8 Å². The Bertz CT molecular complexity index is 893. The van der Waals surface area contributed by atoms with E-state index in [9.17, 15) is 9.59 Å². The minimum absolute atomic E-state index is 0.0365. The summed E-state index contributed by atoms with van der Waals surface area (Å²) in [5.74, 6) is 1.09. The Morgan fingerprint density at radius 3 is 2.33 bits per heavy atom. The van der Waals surface area contributed by atoms with Gasteiger partial charge in [-0.05, 0) is 36.3 Å². The van der Waals surface area contributed by atoms with E-state index in [4.69, 9.17) is 0 Å². The molecule has 0 N–H and O–H groups in total. The van der Waals surface area contributed by atoms with Crippen LogP contribution in [0, 0.1) is 18.8 Å². The summed E-state index contributed by atoms with van der Waals surface area (Å²) < 4.78 is 0. The van der Waals surface area contributed by atoms with Gasteiger partial charge in [0.1, 0.15) is 12.6 Å². The molecule has 4 heteroatoms. The van der Waals surface area contributed by atoms with E-state index in [1.165, 1.54) is 6.42 Å². The Morgan fingerprint density at radius 1 is 0.933 bits per heavy atom. The molecule has 1 saturated heterocycles. The van der Waals surface area contributed by atoms with Gasteiger partial charge in [-0.15, -0.1) is 0 Å². The second kappa shape index (κ2) is 8.63. The summed E-state index contributed by atoms with van der Waals surface area (Å²) in [5.41, 5.74) is 3.09. The molecule has 158 valence electrons. The van der Waals surface area contributed by atoms with E-state index in [1.54, 1.807) is 4.90 Å². The summed E-state index contributed by atoms with van der Waals surface area (Å²) in [6.07, 6.45) is 3.32. The van der Waals surface area contributed by atoms with Crippen LogP contribution in [-0.2, 0) is 16.1 Å². The molecule has 4 rings (SSSR count). The molecule has 4 nitrogen and oxygen atoms in total. The van der Waals surface area contributed by atoms with Gasteiger partial charge in [0.05, 0.1) is 0 Å². The van der Waals surface area contributed by atoms with Crippen molar-refractivity contribution in [1.82, 2.24) is 9.80 Å². The predicted octanol–water partition coefficient (Wildman–Crippen LogP) is 4.73. The fourth-order valence-electron chi connectivity index (χ4n) is 5.05. The lowest BCUT2D eigenvalue weighted by Crippen LogP contribution is -2.60. The molecule has 1 aliphatic carbocycles. The van der Waals surface area contributed by atoms with Crippen molar-refractivity contribution in [2.24, 2.45) is 11.8 Å². The summed E-state index contributed by atoms with van der Waals surface area (Å²) >= 11 is 0. The third-order valence-corrected chi connectivity index (χ3v) is 7.11. The monoisotopic (exact) mass is 404 g/mol. The summed E-state index contributed by atoms with van der Waals surface area (Å²) in [5, 5.41) is 0. The lowest BCUT2D eigenvalue weighted by molar-refractivity contribution is -0.161. The van der Waals surface area contributed by atoms with Gasteiger partial charge in [-0.1, -0.05) is 86.8 Å². The van der Waals surface area contributed by atoms with E-state index in [-0.39, 0.29) is 24.4 Å². The second-order valence-electron chi connectivity index (χ2n) is 9.12. The van der Waals surface area contributed by atoms with Gasteiger partial charge in [0.2, 0.25) is 5.91 Å². The molecule has 2 aromatic carbocycles. The normalized spacial score (nSPS) is 27.4. The molecule has 4 atom stereocenters. The first-order valence-electron chi connectivity index (χ1n) is 11.2. The molecule has 2 amide bonds. The molecule has 2 aliphatic rings. The van der Waals surface area contributed by atoms with Gasteiger partial charge >= 0.3 is 0 Å². The molecule has 1 saturated carbocycles. The van der Waals surface area contributed by atoms with Crippen LogP contribution in [0.5, 0.6) is 0 Å². The second-order valence-corrected chi connectivity index (χ2v) is 9.12. The summed E-state index contributed by atoms with van der Waals surface area (Å²) in [6, 6.07) is 17.6. The first-order valence-corrected chi connectivity index (χ1v) is 11.2. The van der Waals surface area contributed by atoms with Gasteiger partial charge in [-0.25, -0.2) is 0 Å². The highest BCUT2D eigenvalue weighted by Gasteiger charge is 2.45. The van der Waals surface area contributed by atoms with Gasteiger partial charge < -0.3 is 9.80 Å². The zero-order valence-corrected chi connectivity index (χ0v) is 18.3. The number of carbonyl (C=O) groups excluding carboxylic acids is 2. The van der Waals surface area contributed by atoms with Gasteiger partial charge in [0, 0.05) is 12.6 Å². The number of nitrogens with zero attached hydrogens (tertiary/aromatic N) is 2. The van der Waals surface area contributed by atoms with Crippen molar-refractivity contribution in [3.05, 3.63) is 71.3 Å². The van der Waals surface area contributed by atoms with Crippen molar-refractivity contribution in [2.75, 3.05) is 6.54 Å². The number of aryl methyl sites for hydroxylation is 1. The van der Waals surface area contributed by atoms with Crippen LogP contribution in [0.3, 0.4) is 0 Å².